The molecule has 0 aliphatic heterocycles. The van der Waals surface area contributed by atoms with Gasteiger partial charge in [0, 0.05) is 35.0 Å². The van der Waals surface area contributed by atoms with Gasteiger partial charge in [0.1, 0.15) is 22.9 Å². The van der Waals surface area contributed by atoms with Crippen molar-refractivity contribution in [1.29, 1.82) is 0 Å². The van der Waals surface area contributed by atoms with Crippen LogP contribution in [0, 0.1) is 0 Å². The van der Waals surface area contributed by atoms with Crippen molar-refractivity contribution in [2.75, 3.05) is 11.5 Å². The summed E-state index contributed by atoms with van der Waals surface area (Å²) >= 11 is 3.21. The lowest BCUT2D eigenvalue weighted by Crippen LogP contribution is -1.93. The van der Waals surface area contributed by atoms with Gasteiger partial charge in [-0.2, -0.15) is 10.2 Å². The molecule has 0 spiro atoms. The van der Waals surface area contributed by atoms with Crippen molar-refractivity contribution >= 4 is 23.5 Å². The molecule has 0 aliphatic carbocycles. The van der Waals surface area contributed by atoms with E-state index in [4.69, 9.17) is 20.2 Å². The first-order valence-electron chi connectivity index (χ1n) is 16.6. The Kier molecular flexibility index (Phi) is 9.54. The van der Waals surface area contributed by atoms with Crippen molar-refractivity contribution in [2.24, 2.45) is 0 Å². The molecule has 4 heterocycles. The summed E-state index contributed by atoms with van der Waals surface area (Å²) in [5, 5.41) is 45.9. The molecule has 0 unspecified atom stereocenters. The molecular formula is C38H32N10O2S2. The third kappa shape index (κ3) is 7.33. The highest BCUT2D eigenvalue weighted by Gasteiger charge is 2.19. The summed E-state index contributed by atoms with van der Waals surface area (Å²) in [6.45, 7) is 0. The predicted molar refractivity (Wildman–Crippen MR) is 203 cm³/mol. The Hall–Kier alpha value is -6.12. The van der Waals surface area contributed by atoms with Crippen LogP contribution in [-0.4, -0.2) is 71.6 Å². The van der Waals surface area contributed by atoms with E-state index in [-0.39, 0.29) is 11.5 Å². The fourth-order valence-electron chi connectivity index (χ4n) is 5.58. The third-order valence-corrected chi connectivity index (χ3v) is 10.1. The van der Waals surface area contributed by atoms with Gasteiger partial charge >= 0.3 is 0 Å². The lowest BCUT2D eigenvalue weighted by molar-refractivity contribution is 0.475. The molecule has 0 bridgehead atoms. The minimum absolute atomic E-state index is 0.197. The molecular weight excluding hydrogens is 693 g/mol. The summed E-state index contributed by atoms with van der Waals surface area (Å²) in [6.07, 6.45) is 5.83. The molecule has 52 heavy (non-hydrogen) atoms. The molecule has 4 aromatic heterocycles. The summed E-state index contributed by atoms with van der Waals surface area (Å²) in [5.41, 5.74) is 6.71. The molecule has 4 aromatic carbocycles. The van der Waals surface area contributed by atoms with Crippen molar-refractivity contribution in [1.82, 2.24) is 49.9 Å². The van der Waals surface area contributed by atoms with Gasteiger partial charge in [-0.15, -0.1) is 10.2 Å². The second-order valence-electron chi connectivity index (χ2n) is 11.8. The number of aromatic hydroxyl groups is 2. The fourth-order valence-corrected chi connectivity index (χ4v) is 7.17. The number of nitrogens with one attached hydrogen (secondary N) is 2. The number of para-hydroxylation sites is 2. The van der Waals surface area contributed by atoms with Crippen molar-refractivity contribution < 1.29 is 10.2 Å². The number of thioether (sulfide) groups is 2. The molecule has 0 atom stereocenters. The number of phenolic OH excluding ortho intramolecular Hbond substituents is 2. The monoisotopic (exact) mass is 724 g/mol. The number of rotatable bonds is 13. The minimum Gasteiger partial charge on any atom is -0.508 e. The van der Waals surface area contributed by atoms with Gasteiger partial charge in [0.15, 0.2) is 11.6 Å². The lowest BCUT2D eigenvalue weighted by Gasteiger charge is -2.01. The number of benzene rings is 4. The van der Waals surface area contributed by atoms with Crippen molar-refractivity contribution in [3.05, 3.63) is 122 Å². The van der Waals surface area contributed by atoms with E-state index in [0.717, 1.165) is 69.4 Å². The van der Waals surface area contributed by atoms with Gasteiger partial charge in [-0.1, -0.05) is 59.9 Å². The van der Waals surface area contributed by atoms with Crippen LogP contribution in [0.1, 0.15) is 12.8 Å². The van der Waals surface area contributed by atoms with Gasteiger partial charge in [0.25, 0.3) is 0 Å². The fraction of sp³-hybridized carbons (Fsp3) is 0.105. The number of H-pyrrole nitrogens is 2. The van der Waals surface area contributed by atoms with E-state index in [1.807, 2.05) is 107 Å². The van der Waals surface area contributed by atoms with Crippen molar-refractivity contribution in [3.63, 3.8) is 0 Å². The first-order valence-corrected chi connectivity index (χ1v) is 18.5. The summed E-state index contributed by atoms with van der Waals surface area (Å²) in [6, 6.07) is 33.8. The highest BCUT2D eigenvalue weighted by molar-refractivity contribution is 7.99. The molecule has 258 valence electrons. The molecule has 12 nitrogen and oxygen atoms in total. The van der Waals surface area contributed by atoms with Crippen molar-refractivity contribution in [2.45, 2.75) is 23.2 Å². The van der Waals surface area contributed by atoms with Crippen LogP contribution in [-0.2, 0) is 0 Å². The maximum Gasteiger partial charge on any atom is 0.208 e. The maximum absolute atomic E-state index is 9.83. The van der Waals surface area contributed by atoms with Gasteiger partial charge in [0.2, 0.25) is 10.3 Å². The Morgan fingerprint density at radius 2 is 0.923 bits per heavy atom. The smallest absolute Gasteiger partial charge is 0.208 e. The topological polar surface area (TPSA) is 159 Å². The number of hydrogen-bond acceptors (Lipinski definition) is 10. The average Bonchev–Trinajstić information content (AvgIpc) is 4.01. The molecule has 0 fully saturated rings. The van der Waals surface area contributed by atoms with E-state index in [1.54, 1.807) is 47.8 Å². The molecule has 8 aromatic rings. The zero-order valence-electron chi connectivity index (χ0n) is 27.7. The Morgan fingerprint density at radius 3 is 1.33 bits per heavy atom. The highest BCUT2D eigenvalue weighted by atomic mass is 32.2. The zero-order chi connectivity index (χ0) is 35.3. The van der Waals surface area contributed by atoms with Crippen LogP contribution in [0.4, 0.5) is 0 Å². The number of hydrogen-bond donors (Lipinski definition) is 4. The van der Waals surface area contributed by atoms with Crippen LogP contribution in [0.5, 0.6) is 11.5 Å². The van der Waals surface area contributed by atoms with E-state index >= 15 is 0 Å². The van der Waals surface area contributed by atoms with Crippen LogP contribution in [0.3, 0.4) is 0 Å². The number of aromatic nitrogens is 10. The minimum atomic E-state index is 0.197. The maximum atomic E-state index is 9.83. The second kappa shape index (κ2) is 15.0. The highest BCUT2D eigenvalue weighted by Crippen LogP contribution is 2.34. The van der Waals surface area contributed by atoms with E-state index in [1.165, 1.54) is 0 Å². The second-order valence-corrected chi connectivity index (χ2v) is 13.9. The standard InChI is InChI=1S/C38H32N10O2S2/c49-29-17-13-25(14-18-29)33-31(23-47(45-33)27-9-3-1-4-10-27)35-39-37(43-41-35)51-21-7-8-22-52-38-40-36(42-44-38)32-24-48(28-11-5-2-6-12-28)46-34(32)26-15-19-30(50)20-16-26/h1-6,9-20,23-24,49-50H,7-8,21-22H2,(H,39,41,43)(H,40,42,44). The van der Waals surface area contributed by atoms with Gasteiger partial charge in [-0.25, -0.2) is 19.3 Å². The number of phenols is 2. The quantitative estimate of drug-likeness (QED) is 0.0677. The Balaban J connectivity index is 0.887. The van der Waals surface area contributed by atoms with Crippen LogP contribution in [0.15, 0.2) is 132 Å². The molecule has 0 saturated carbocycles. The number of unbranched alkanes of at least 4 members (excludes halogenated alkanes) is 1. The van der Waals surface area contributed by atoms with Gasteiger partial charge in [-0.05, 0) is 85.6 Å². The largest absolute Gasteiger partial charge is 0.508 e. The van der Waals surface area contributed by atoms with Gasteiger partial charge < -0.3 is 10.2 Å². The van der Waals surface area contributed by atoms with Crippen LogP contribution in [0.25, 0.3) is 56.7 Å². The Morgan fingerprint density at radius 1 is 0.519 bits per heavy atom. The van der Waals surface area contributed by atoms with Crippen LogP contribution in [0.2, 0.25) is 0 Å². The molecule has 0 aliphatic rings. The van der Waals surface area contributed by atoms with Gasteiger partial charge in [0.05, 0.1) is 22.5 Å². The Labute approximate surface area is 307 Å². The SMILES string of the molecule is Oc1ccc(-c2nn(-c3ccccc3)cc2-c2nc(SCCCCSc3n[nH]c(-c4cn(-c5ccccc5)nc4-c4ccc(O)cc4)n3)n[nH]2)cc1. The van der Waals surface area contributed by atoms with E-state index in [0.29, 0.717) is 22.0 Å². The first-order chi connectivity index (χ1) is 25.6. The van der Waals surface area contributed by atoms with Crippen LogP contribution < -0.4 is 0 Å². The summed E-state index contributed by atoms with van der Waals surface area (Å²) < 4.78 is 3.65. The van der Waals surface area contributed by atoms with Gasteiger partial charge in [-0.3, -0.25) is 10.2 Å². The van der Waals surface area contributed by atoms with E-state index < -0.39 is 0 Å². The first kappa shape index (κ1) is 33.0. The number of nitrogens with zero attached hydrogens (tertiary/aromatic N) is 8. The molecule has 8 rings (SSSR count). The molecule has 0 saturated heterocycles. The van der Waals surface area contributed by atoms with E-state index in [2.05, 4.69) is 20.4 Å². The molecule has 4 N–H and O–H groups in total. The molecule has 14 heteroatoms. The van der Waals surface area contributed by atoms with Crippen LogP contribution >= 0.6 is 23.5 Å². The zero-order valence-corrected chi connectivity index (χ0v) is 29.3. The molecule has 0 amide bonds. The molecule has 0 radical (unpaired) electrons. The summed E-state index contributed by atoms with van der Waals surface area (Å²) in [5.74, 6) is 3.38. The Bertz CT molecular complexity index is 2220. The normalized spacial score (nSPS) is 11.3. The van der Waals surface area contributed by atoms with E-state index in [9.17, 15) is 10.2 Å². The third-order valence-electron chi connectivity index (χ3n) is 8.19. The summed E-state index contributed by atoms with van der Waals surface area (Å²) in [4.78, 5) is 9.57. The predicted octanol–water partition coefficient (Wildman–Crippen LogP) is 8.04. The van der Waals surface area contributed by atoms with Crippen molar-refractivity contribution in [3.8, 4) is 68.2 Å². The average molecular weight is 725 g/mol. The lowest BCUT2D eigenvalue weighted by atomic mass is 10.1. The summed E-state index contributed by atoms with van der Waals surface area (Å²) in [7, 11) is 0. The number of aromatic amines is 2.